The number of benzene rings is 1. The van der Waals surface area contributed by atoms with Gasteiger partial charge in [0.05, 0.1) is 13.7 Å². The maximum Gasteiger partial charge on any atom is 0.245 e. The van der Waals surface area contributed by atoms with Crippen molar-refractivity contribution in [1.82, 2.24) is 14.6 Å². The predicted molar refractivity (Wildman–Crippen MR) is 105 cm³/mol. The van der Waals surface area contributed by atoms with Crippen LogP contribution in [0.25, 0.3) is 11.1 Å². The van der Waals surface area contributed by atoms with Crippen molar-refractivity contribution in [3.63, 3.8) is 0 Å². The molecule has 1 amide bonds. The molecular formula is C19H23FN4O4S. The van der Waals surface area contributed by atoms with E-state index in [9.17, 15) is 17.6 Å². The Morgan fingerprint density at radius 1 is 1.41 bits per heavy atom. The van der Waals surface area contributed by atoms with Crippen LogP contribution in [-0.2, 0) is 14.8 Å². The summed E-state index contributed by atoms with van der Waals surface area (Å²) in [5, 5.41) is 0. The molecule has 1 saturated heterocycles. The summed E-state index contributed by atoms with van der Waals surface area (Å²) in [7, 11) is -2.78. The Bertz CT molecular complexity index is 971. The molecule has 1 aromatic heterocycles. The molecule has 1 fully saturated rings. The van der Waals surface area contributed by atoms with Crippen molar-refractivity contribution in [3.8, 4) is 16.9 Å². The average molecular weight is 422 g/mol. The summed E-state index contributed by atoms with van der Waals surface area (Å²) < 4.78 is 47.2. The molecule has 0 saturated carbocycles. The summed E-state index contributed by atoms with van der Waals surface area (Å²) in [6.07, 6.45) is 2.33. The molecule has 0 aliphatic carbocycles. The number of para-hydroxylation sites is 1. The van der Waals surface area contributed by atoms with Crippen molar-refractivity contribution >= 4 is 15.9 Å². The zero-order valence-corrected chi connectivity index (χ0v) is 16.7. The molecular weight excluding hydrogens is 399 g/mol. The summed E-state index contributed by atoms with van der Waals surface area (Å²) in [4.78, 5) is 17.8. The van der Waals surface area contributed by atoms with Crippen molar-refractivity contribution in [2.75, 3.05) is 26.7 Å². The van der Waals surface area contributed by atoms with Gasteiger partial charge in [0.15, 0.2) is 0 Å². The fraction of sp³-hybridized carbons (Fsp3) is 0.368. The largest absolute Gasteiger partial charge is 0.495 e. The lowest BCUT2D eigenvalue weighted by molar-refractivity contribution is -0.131. The van der Waals surface area contributed by atoms with Gasteiger partial charge >= 0.3 is 0 Å². The van der Waals surface area contributed by atoms with Crippen LogP contribution in [-0.4, -0.2) is 63.2 Å². The van der Waals surface area contributed by atoms with Crippen LogP contribution >= 0.6 is 0 Å². The first-order chi connectivity index (χ1) is 13.9. The molecule has 0 unspecified atom stereocenters. The Balaban J connectivity index is 1.91. The van der Waals surface area contributed by atoms with E-state index in [0.717, 1.165) is 0 Å². The first kappa shape index (κ1) is 21.2. The van der Waals surface area contributed by atoms with Gasteiger partial charge < -0.3 is 15.4 Å². The molecule has 0 radical (unpaired) electrons. The number of methoxy groups -OCH3 is 1. The number of carbonyl (C=O) groups is 1. The van der Waals surface area contributed by atoms with Gasteiger partial charge in [-0.15, -0.1) is 0 Å². The molecule has 29 heavy (non-hydrogen) atoms. The average Bonchev–Trinajstić information content (AvgIpc) is 3.17. The second-order valence-corrected chi connectivity index (χ2v) is 8.34. The normalized spacial score (nSPS) is 17.9. The lowest BCUT2D eigenvalue weighted by atomic mass is 10.1. The summed E-state index contributed by atoms with van der Waals surface area (Å²) in [6, 6.07) is 6.98. The zero-order valence-electron chi connectivity index (χ0n) is 15.9. The Labute approximate surface area is 168 Å². The van der Waals surface area contributed by atoms with Crippen LogP contribution in [0.5, 0.6) is 5.75 Å². The molecule has 2 heterocycles. The highest BCUT2D eigenvalue weighted by Gasteiger charge is 2.34. The number of nitrogens with zero attached hydrogens (tertiary/aromatic N) is 2. The third kappa shape index (κ3) is 4.55. The molecule has 1 aromatic carbocycles. The van der Waals surface area contributed by atoms with Crippen molar-refractivity contribution in [2.24, 2.45) is 5.73 Å². The van der Waals surface area contributed by atoms with Crippen molar-refractivity contribution < 1.29 is 22.3 Å². The molecule has 0 spiro atoms. The van der Waals surface area contributed by atoms with Gasteiger partial charge in [0.1, 0.15) is 22.9 Å². The Hall–Kier alpha value is -2.56. The van der Waals surface area contributed by atoms with E-state index >= 15 is 0 Å². The molecule has 3 N–H and O–H groups in total. The van der Waals surface area contributed by atoms with Crippen LogP contribution in [0.4, 0.5) is 4.39 Å². The molecule has 1 aliphatic heterocycles. The van der Waals surface area contributed by atoms with E-state index in [0.29, 0.717) is 11.1 Å². The summed E-state index contributed by atoms with van der Waals surface area (Å²) >= 11 is 0. The molecule has 8 nitrogen and oxygen atoms in total. The number of carbonyl (C=O) groups excluding carboxylic acids is 1. The predicted octanol–water partition coefficient (Wildman–Crippen LogP) is 0.933. The van der Waals surface area contributed by atoms with Crippen molar-refractivity contribution in [3.05, 3.63) is 42.7 Å². The highest BCUT2D eigenvalue weighted by atomic mass is 32.2. The molecule has 2 atom stereocenters. The first-order valence-corrected chi connectivity index (χ1v) is 10.6. The van der Waals surface area contributed by atoms with Crippen LogP contribution in [0.15, 0.2) is 47.6 Å². The minimum Gasteiger partial charge on any atom is -0.495 e. The minimum absolute atomic E-state index is 0.0587. The molecule has 2 aromatic rings. The number of rotatable bonds is 7. The number of sulfonamides is 1. The highest BCUT2D eigenvalue weighted by molar-refractivity contribution is 7.89. The van der Waals surface area contributed by atoms with Crippen LogP contribution in [0.3, 0.4) is 0 Å². The topological polar surface area (TPSA) is 115 Å². The molecule has 10 heteroatoms. The van der Waals surface area contributed by atoms with E-state index in [-0.39, 0.29) is 36.7 Å². The van der Waals surface area contributed by atoms with Gasteiger partial charge in [-0.05, 0) is 18.6 Å². The van der Waals surface area contributed by atoms with Crippen LogP contribution in [0, 0.1) is 0 Å². The number of hydrogen-bond donors (Lipinski definition) is 2. The SMILES string of the molecule is COc1c(-c2cccnc2)cccc1S(=O)(=O)N[C@@H](CN)C(=O)N1CC[C@H](F)C1. The number of nitrogens with one attached hydrogen (secondary N) is 1. The summed E-state index contributed by atoms with van der Waals surface area (Å²) in [5.74, 6) is -0.417. The smallest absolute Gasteiger partial charge is 0.245 e. The third-order valence-corrected chi connectivity index (χ3v) is 6.21. The number of pyridine rings is 1. The number of aromatic nitrogens is 1. The Kier molecular flexibility index (Phi) is 6.46. The maximum absolute atomic E-state index is 13.4. The van der Waals surface area contributed by atoms with E-state index in [1.54, 1.807) is 36.7 Å². The monoisotopic (exact) mass is 422 g/mol. The highest BCUT2D eigenvalue weighted by Crippen LogP contribution is 2.35. The number of nitrogens with two attached hydrogens (primary N) is 1. The summed E-state index contributed by atoms with van der Waals surface area (Å²) in [5.41, 5.74) is 6.87. The van der Waals surface area contributed by atoms with Gasteiger partial charge in [-0.1, -0.05) is 18.2 Å². The number of amides is 1. The molecule has 0 bridgehead atoms. The van der Waals surface area contributed by atoms with Gasteiger partial charge in [-0.25, -0.2) is 12.8 Å². The third-order valence-electron chi connectivity index (χ3n) is 4.72. The van der Waals surface area contributed by atoms with Crippen LogP contribution in [0.1, 0.15) is 6.42 Å². The maximum atomic E-state index is 13.4. The second kappa shape index (κ2) is 8.85. The Morgan fingerprint density at radius 3 is 2.79 bits per heavy atom. The molecule has 1 aliphatic rings. The quantitative estimate of drug-likeness (QED) is 0.686. The van der Waals surface area contributed by atoms with E-state index in [4.69, 9.17) is 10.5 Å². The van der Waals surface area contributed by atoms with Gasteiger partial charge in [0.2, 0.25) is 15.9 Å². The lowest BCUT2D eigenvalue weighted by Crippen LogP contribution is -2.51. The number of ether oxygens (including phenoxy) is 1. The van der Waals surface area contributed by atoms with Gasteiger partial charge in [-0.3, -0.25) is 9.78 Å². The van der Waals surface area contributed by atoms with Gasteiger partial charge in [-0.2, -0.15) is 4.72 Å². The lowest BCUT2D eigenvalue weighted by Gasteiger charge is -2.23. The number of alkyl halides is 1. The molecule has 156 valence electrons. The van der Waals surface area contributed by atoms with Crippen molar-refractivity contribution in [1.29, 1.82) is 0 Å². The molecule has 3 rings (SSSR count). The van der Waals surface area contributed by atoms with Gasteiger partial charge in [0, 0.05) is 36.6 Å². The van der Waals surface area contributed by atoms with E-state index in [2.05, 4.69) is 9.71 Å². The first-order valence-electron chi connectivity index (χ1n) is 9.10. The zero-order chi connectivity index (χ0) is 21.0. The van der Waals surface area contributed by atoms with Crippen LogP contribution < -0.4 is 15.2 Å². The summed E-state index contributed by atoms with van der Waals surface area (Å²) in [6.45, 7) is -0.0783. The number of likely N-dealkylation sites (tertiary alicyclic amines) is 1. The van der Waals surface area contributed by atoms with E-state index in [1.165, 1.54) is 18.1 Å². The minimum atomic E-state index is -4.15. The van der Waals surface area contributed by atoms with Crippen molar-refractivity contribution in [2.45, 2.75) is 23.5 Å². The fourth-order valence-electron chi connectivity index (χ4n) is 3.28. The Morgan fingerprint density at radius 2 is 2.21 bits per heavy atom. The van der Waals surface area contributed by atoms with Crippen LogP contribution in [0.2, 0.25) is 0 Å². The number of halogens is 1. The fourth-order valence-corrected chi connectivity index (χ4v) is 4.67. The van der Waals surface area contributed by atoms with E-state index in [1.807, 2.05) is 0 Å². The van der Waals surface area contributed by atoms with Gasteiger partial charge in [0.25, 0.3) is 0 Å². The standard InChI is InChI=1S/C19H23FN4O4S/c1-28-18-15(13-4-3-8-22-11-13)5-2-6-17(18)29(26,27)23-16(10-21)19(25)24-9-7-14(20)12-24/h2-6,8,11,14,16,23H,7,9-10,12,21H2,1H3/t14-,16-/m0/s1. The van der Waals surface area contributed by atoms with E-state index < -0.39 is 28.1 Å². The second-order valence-electron chi connectivity index (χ2n) is 6.66. The number of hydrogen-bond acceptors (Lipinski definition) is 6.